The van der Waals surface area contributed by atoms with Gasteiger partial charge in [0.2, 0.25) is 20.0 Å². The highest BCUT2D eigenvalue weighted by atomic mass is 32.2. The van der Waals surface area contributed by atoms with Crippen LogP contribution in [-0.2, 0) is 31.3 Å². The fraction of sp³-hybridized carbons (Fsp3) is 0.455. The zero-order chi connectivity index (χ0) is 33.7. The predicted octanol–water partition coefficient (Wildman–Crippen LogP) is 2.46. The molecule has 12 nitrogen and oxygen atoms in total. The molecule has 2 saturated heterocycles. The van der Waals surface area contributed by atoms with Crippen LogP contribution in [0.2, 0.25) is 0 Å². The van der Waals surface area contributed by atoms with Crippen molar-refractivity contribution in [2.45, 2.75) is 60.3 Å². The summed E-state index contributed by atoms with van der Waals surface area (Å²) in [5.74, 6) is 0.668. The Balaban J connectivity index is 1.15. The molecule has 2 aliphatic heterocycles. The summed E-state index contributed by atoms with van der Waals surface area (Å²) < 4.78 is 73.4. The number of hydrogen-bond acceptors (Lipinski definition) is 10. The van der Waals surface area contributed by atoms with Gasteiger partial charge in [-0.05, 0) is 74.2 Å². The molecule has 0 aliphatic carbocycles. The number of aliphatic hydroxyl groups is 1. The maximum Gasteiger partial charge on any atom is 0.246 e. The summed E-state index contributed by atoms with van der Waals surface area (Å²) in [4.78, 5) is 0.226. The molecule has 0 bridgehead atoms. The van der Waals surface area contributed by atoms with Gasteiger partial charge in [-0.25, -0.2) is 21.6 Å². The maximum absolute atomic E-state index is 14.0. The van der Waals surface area contributed by atoms with Crippen LogP contribution in [0.5, 0.6) is 11.5 Å². The van der Waals surface area contributed by atoms with Gasteiger partial charge >= 0.3 is 0 Å². The fourth-order valence-corrected chi connectivity index (χ4v) is 8.36. The monoisotopic (exact) mass is 688 g/mol. The van der Waals surface area contributed by atoms with E-state index in [0.29, 0.717) is 63.6 Å². The first kappa shape index (κ1) is 35.2. The molecule has 2 heterocycles. The van der Waals surface area contributed by atoms with Crippen LogP contribution in [0, 0.1) is 0 Å². The Labute approximate surface area is 277 Å². The summed E-state index contributed by atoms with van der Waals surface area (Å²) in [6.07, 6.45) is 0.951. The van der Waals surface area contributed by atoms with Crippen LogP contribution >= 0.6 is 0 Å². The molecule has 2 aliphatic rings. The molecule has 0 unspecified atom stereocenters. The molecule has 0 amide bonds. The summed E-state index contributed by atoms with van der Waals surface area (Å²) in [7, 11) is -6.11. The van der Waals surface area contributed by atoms with Crippen molar-refractivity contribution in [1.82, 2.24) is 14.3 Å². The Bertz CT molecular complexity index is 1730. The van der Waals surface area contributed by atoms with Gasteiger partial charge < -0.3 is 30.4 Å². The lowest BCUT2D eigenvalue weighted by Gasteiger charge is -2.38. The van der Waals surface area contributed by atoms with E-state index in [2.05, 4.69) is 10.0 Å². The number of sulfonamides is 2. The summed E-state index contributed by atoms with van der Waals surface area (Å²) in [5, 5.41) is 13.8. The van der Waals surface area contributed by atoms with Crippen molar-refractivity contribution in [3.8, 4) is 22.6 Å². The van der Waals surface area contributed by atoms with E-state index in [-0.39, 0.29) is 29.0 Å². The van der Waals surface area contributed by atoms with E-state index < -0.39 is 31.8 Å². The number of ether oxygens (including phenoxy) is 3. The molecule has 2 atom stereocenters. The Morgan fingerprint density at radius 3 is 2.43 bits per heavy atom. The zero-order valence-corrected chi connectivity index (χ0v) is 28.4. The number of nitrogens with zero attached hydrogens (tertiary/aromatic N) is 1. The van der Waals surface area contributed by atoms with Gasteiger partial charge in [-0.3, -0.25) is 0 Å². The van der Waals surface area contributed by atoms with Crippen LogP contribution in [0.3, 0.4) is 0 Å². The van der Waals surface area contributed by atoms with Crippen molar-refractivity contribution in [3.63, 3.8) is 0 Å². The standard InChI is InChI=1S/C33H44N4O8S2/c1-3-43-31-12-11-26(25-9-7-24(20-34)8-10-25)17-32(31)47(41,42)37-15-13-33(14-16-37)19-27(22-45-33)36-21-28(38)23-44-29-5-4-6-30(18-29)46(39,40)35-2/h4-12,17-18,27-28,35-36,38H,3,13-16,19-23,34H2,1-2H3/t27-,28-/m0/s1. The second kappa shape index (κ2) is 15.0. The Morgan fingerprint density at radius 2 is 1.74 bits per heavy atom. The van der Waals surface area contributed by atoms with E-state index in [1.54, 1.807) is 24.3 Å². The molecule has 14 heteroatoms. The molecule has 5 N–H and O–H groups in total. The molecule has 5 rings (SSSR count). The summed E-state index contributed by atoms with van der Waals surface area (Å²) in [5.41, 5.74) is 7.96. The number of benzene rings is 3. The van der Waals surface area contributed by atoms with Crippen molar-refractivity contribution in [2.24, 2.45) is 5.73 Å². The van der Waals surface area contributed by atoms with Gasteiger partial charge in [-0.15, -0.1) is 0 Å². The molecule has 256 valence electrons. The minimum absolute atomic E-state index is 0.0104. The van der Waals surface area contributed by atoms with Crippen LogP contribution in [0.4, 0.5) is 0 Å². The summed E-state index contributed by atoms with van der Waals surface area (Å²) >= 11 is 0. The highest BCUT2D eigenvalue weighted by Gasteiger charge is 2.45. The second-order valence-corrected chi connectivity index (χ2v) is 15.6. The molecule has 1 spiro atoms. The molecule has 47 heavy (non-hydrogen) atoms. The maximum atomic E-state index is 14.0. The molecular weight excluding hydrogens is 645 g/mol. The van der Waals surface area contributed by atoms with Crippen molar-refractivity contribution in [3.05, 3.63) is 72.3 Å². The van der Waals surface area contributed by atoms with Crippen molar-refractivity contribution in [1.29, 1.82) is 0 Å². The lowest BCUT2D eigenvalue weighted by molar-refractivity contribution is -0.0312. The van der Waals surface area contributed by atoms with Gasteiger partial charge in [0.25, 0.3) is 0 Å². The van der Waals surface area contributed by atoms with Crippen molar-refractivity contribution >= 4 is 20.0 Å². The fourth-order valence-electron chi connectivity index (χ4n) is 6.00. The predicted molar refractivity (Wildman–Crippen MR) is 178 cm³/mol. The number of nitrogens with one attached hydrogen (secondary N) is 2. The number of aliphatic hydroxyl groups excluding tert-OH is 1. The number of nitrogens with two attached hydrogens (primary N) is 1. The van der Waals surface area contributed by atoms with Crippen LogP contribution in [0.1, 0.15) is 31.7 Å². The summed E-state index contributed by atoms with van der Waals surface area (Å²) in [6.45, 7) is 3.91. The molecule has 3 aromatic carbocycles. The SMILES string of the molecule is CCOc1ccc(-c2ccc(CN)cc2)cc1S(=O)(=O)N1CCC2(CC1)C[C@H](NC[C@H](O)COc1cccc(S(=O)(=O)NC)c1)CO2. The third-order valence-corrected chi connectivity index (χ3v) is 12.0. The van der Waals surface area contributed by atoms with Crippen molar-refractivity contribution < 1.29 is 36.2 Å². The number of piperidine rings is 1. The van der Waals surface area contributed by atoms with Gasteiger partial charge in [0, 0.05) is 38.3 Å². The largest absolute Gasteiger partial charge is 0.492 e. The molecule has 3 aromatic rings. The summed E-state index contributed by atoms with van der Waals surface area (Å²) in [6, 6.07) is 19.1. The van der Waals surface area contributed by atoms with Crippen LogP contribution in [0.15, 0.2) is 76.5 Å². The van der Waals surface area contributed by atoms with Crippen LogP contribution in [0.25, 0.3) is 11.1 Å². The zero-order valence-electron chi connectivity index (χ0n) is 26.7. The Hall–Kier alpha value is -3.08. The molecular formula is C33H44N4O8S2. The second-order valence-electron chi connectivity index (χ2n) is 11.9. The van der Waals surface area contributed by atoms with Crippen molar-refractivity contribution in [2.75, 3.05) is 46.5 Å². The third-order valence-electron chi connectivity index (χ3n) is 8.70. The Kier molecular flexibility index (Phi) is 11.2. The number of hydrogen-bond donors (Lipinski definition) is 4. The van der Waals surface area contributed by atoms with E-state index in [1.165, 1.54) is 23.5 Å². The van der Waals surface area contributed by atoms with E-state index in [9.17, 15) is 21.9 Å². The van der Waals surface area contributed by atoms with Crippen LogP contribution < -0.4 is 25.2 Å². The number of rotatable bonds is 14. The van der Waals surface area contributed by atoms with Crippen LogP contribution in [-0.4, -0.2) is 90.5 Å². The van der Waals surface area contributed by atoms with E-state index in [1.807, 2.05) is 37.3 Å². The normalized spacial score (nSPS) is 19.1. The lowest BCUT2D eigenvalue weighted by atomic mass is 9.88. The quantitative estimate of drug-likeness (QED) is 0.197. The lowest BCUT2D eigenvalue weighted by Crippen LogP contribution is -2.47. The van der Waals surface area contributed by atoms with Gasteiger partial charge in [0.1, 0.15) is 29.1 Å². The van der Waals surface area contributed by atoms with E-state index in [4.69, 9.17) is 19.9 Å². The first-order chi connectivity index (χ1) is 22.5. The average molecular weight is 689 g/mol. The first-order valence-corrected chi connectivity index (χ1v) is 18.7. The van der Waals surface area contributed by atoms with Gasteiger partial charge in [-0.2, -0.15) is 4.31 Å². The molecule has 0 radical (unpaired) electrons. The van der Waals surface area contributed by atoms with E-state index >= 15 is 0 Å². The molecule has 2 fully saturated rings. The van der Waals surface area contributed by atoms with Gasteiger partial charge in [0.05, 0.1) is 23.7 Å². The highest BCUT2D eigenvalue weighted by molar-refractivity contribution is 7.89. The van der Waals surface area contributed by atoms with E-state index in [0.717, 1.165) is 16.7 Å². The molecule has 0 saturated carbocycles. The minimum Gasteiger partial charge on any atom is -0.492 e. The average Bonchev–Trinajstić information content (AvgIpc) is 3.48. The topological polar surface area (TPSA) is 170 Å². The first-order valence-electron chi connectivity index (χ1n) is 15.8. The highest BCUT2D eigenvalue weighted by Crippen LogP contribution is 2.39. The minimum atomic E-state index is -3.85. The Morgan fingerprint density at radius 1 is 1.02 bits per heavy atom. The van der Waals surface area contributed by atoms with Gasteiger partial charge in [-0.1, -0.05) is 36.4 Å². The smallest absolute Gasteiger partial charge is 0.246 e. The third kappa shape index (κ3) is 8.32. The van der Waals surface area contributed by atoms with Gasteiger partial charge in [0.15, 0.2) is 0 Å². The molecule has 0 aromatic heterocycles.